The minimum absolute atomic E-state index is 0.0181. The van der Waals surface area contributed by atoms with E-state index in [9.17, 15) is 13.2 Å². The maximum absolute atomic E-state index is 13.1. The Morgan fingerprint density at radius 2 is 1.87 bits per heavy atom. The van der Waals surface area contributed by atoms with Gasteiger partial charge in [0.05, 0.1) is 5.70 Å². The lowest BCUT2D eigenvalue weighted by molar-refractivity contribution is -0.0880. The summed E-state index contributed by atoms with van der Waals surface area (Å²) in [5.41, 5.74) is 6.02. The molecule has 23 heavy (non-hydrogen) atoms. The number of nitrogens with two attached hydrogens (primary N) is 1. The summed E-state index contributed by atoms with van der Waals surface area (Å²) in [7, 11) is 0. The molecule has 0 bridgehead atoms. The van der Waals surface area contributed by atoms with Gasteiger partial charge < -0.3 is 21.7 Å². The van der Waals surface area contributed by atoms with Crippen molar-refractivity contribution >= 4 is 11.4 Å². The Hall–Kier alpha value is -2.75. The zero-order valence-electron chi connectivity index (χ0n) is 12.1. The van der Waals surface area contributed by atoms with Gasteiger partial charge in [0.15, 0.2) is 0 Å². The second-order valence-electron chi connectivity index (χ2n) is 5.39. The van der Waals surface area contributed by atoms with Gasteiger partial charge in [-0.3, -0.25) is 0 Å². The van der Waals surface area contributed by atoms with Crippen LogP contribution in [0.1, 0.15) is 12.8 Å². The second kappa shape index (κ2) is 5.80. The molecule has 1 aromatic carbocycles. The smallest absolute Gasteiger partial charge is 0.399 e. The van der Waals surface area contributed by atoms with Gasteiger partial charge in [0.25, 0.3) is 0 Å². The van der Waals surface area contributed by atoms with Crippen molar-refractivity contribution in [2.24, 2.45) is 0 Å². The molecular weight excluding hydrogens is 305 g/mol. The number of halogens is 3. The average Bonchev–Trinajstić information content (AvgIpc) is 3.29. The molecular formula is C16H15F3N4. The van der Waals surface area contributed by atoms with Crippen LogP contribution in [0.3, 0.4) is 0 Å². The Morgan fingerprint density at radius 1 is 1.17 bits per heavy atom. The molecule has 0 amide bonds. The fraction of sp³-hybridized carbons (Fsp3) is 0.250. The number of nitrogen functional groups attached to an aromatic ring is 1. The minimum atomic E-state index is -4.50. The molecule has 2 aliphatic rings. The van der Waals surface area contributed by atoms with E-state index in [1.807, 2.05) is 0 Å². The van der Waals surface area contributed by atoms with Crippen molar-refractivity contribution < 1.29 is 13.2 Å². The van der Waals surface area contributed by atoms with Gasteiger partial charge in [-0.05, 0) is 43.0 Å². The fourth-order valence-corrected chi connectivity index (χ4v) is 2.06. The van der Waals surface area contributed by atoms with Gasteiger partial charge in [0.1, 0.15) is 11.4 Å². The van der Waals surface area contributed by atoms with Crippen LogP contribution in [0.2, 0.25) is 0 Å². The van der Waals surface area contributed by atoms with Crippen LogP contribution in [0.4, 0.5) is 24.5 Å². The first-order valence-corrected chi connectivity index (χ1v) is 7.11. The molecule has 1 fully saturated rings. The molecule has 0 saturated heterocycles. The zero-order valence-corrected chi connectivity index (χ0v) is 12.1. The van der Waals surface area contributed by atoms with E-state index in [4.69, 9.17) is 5.73 Å². The Balaban J connectivity index is 1.89. The topological polar surface area (TPSA) is 62.1 Å². The molecule has 5 N–H and O–H groups in total. The Bertz CT molecular complexity index is 716. The standard InChI is InChI=1S/C16H15F3N4/c17-16(18,19)13-7-8-21-15(9-14(13)22-11-5-6-11)23-12-3-1-10(20)2-4-12/h1-4,9,11,21-23H,5-6,20H2. The third-order valence-corrected chi connectivity index (χ3v) is 3.35. The number of hydrogen-bond acceptors (Lipinski definition) is 4. The van der Waals surface area contributed by atoms with Crippen molar-refractivity contribution in [1.82, 2.24) is 10.6 Å². The van der Waals surface area contributed by atoms with E-state index in [-0.39, 0.29) is 11.7 Å². The monoisotopic (exact) mass is 320 g/mol. The van der Waals surface area contributed by atoms with E-state index in [0.717, 1.165) is 12.8 Å². The van der Waals surface area contributed by atoms with Crippen LogP contribution in [-0.4, -0.2) is 12.2 Å². The van der Waals surface area contributed by atoms with Crippen LogP contribution in [0.15, 0.2) is 47.4 Å². The highest BCUT2D eigenvalue weighted by Gasteiger charge is 2.37. The van der Waals surface area contributed by atoms with Crippen molar-refractivity contribution in [1.29, 1.82) is 0 Å². The fourth-order valence-electron chi connectivity index (χ4n) is 2.06. The Morgan fingerprint density at radius 3 is 2.48 bits per heavy atom. The summed E-state index contributed by atoms with van der Waals surface area (Å²) in [6.07, 6.45) is -1.39. The number of hydrogen-bond donors (Lipinski definition) is 4. The van der Waals surface area contributed by atoms with Gasteiger partial charge in [-0.2, -0.15) is 13.2 Å². The second-order valence-corrected chi connectivity index (χ2v) is 5.39. The van der Waals surface area contributed by atoms with Crippen molar-refractivity contribution in [3.8, 4) is 12.0 Å². The molecule has 0 aromatic heterocycles. The molecule has 1 heterocycles. The number of alkyl halides is 3. The molecule has 1 aliphatic heterocycles. The van der Waals surface area contributed by atoms with Gasteiger partial charge in [-0.25, -0.2) is 0 Å². The number of nitrogens with one attached hydrogen (secondary N) is 3. The van der Waals surface area contributed by atoms with E-state index in [0.29, 0.717) is 17.2 Å². The van der Waals surface area contributed by atoms with Crippen LogP contribution in [0.5, 0.6) is 0 Å². The SMILES string of the molecule is Nc1ccc(NC2=CC(NC3CC3)=C(C(F)(F)F)C#CN2)cc1. The lowest BCUT2D eigenvalue weighted by atomic mass is 10.2. The van der Waals surface area contributed by atoms with Gasteiger partial charge in [0.2, 0.25) is 0 Å². The zero-order chi connectivity index (χ0) is 16.4. The molecule has 0 atom stereocenters. The van der Waals surface area contributed by atoms with E-state index in [2.05, 4.69) is 27.9 Å². The van der Waals surface area contributed by atoms with Crippen molar-refractivity contribution in [3.05, 3.63) is 47.4 Å². The quantitative estimate of drug-likeness (QED) is 0.509. The van der Waals surface area contributed by atoms with Crippen LogP contribution < -0.4 is 21.7 Å². The molecule has 3 rings (SSSR count). The molecule has 0 radical (unpaired) electrons. The molecule has 1 aromatic rings. The molecule has 120 valence electrons. The number of anilines is 2. The van der Waals surface area contributed by atoms with Gasteiger partial charge in [0, 0.05) is 29.5 Å². The first-order valence-electron chi connectivity index (χ1n) is 7.11. The highest BCUT2D eigenvalue weighted by atomic mass is 19.4. The first-order chi connectivity index (χ1) is 10.9. The van der Waals surface area contributed by atoms with Crippen LogP contribution in [0, 0.1) is 12.0 Å². The third-order valence-electron chi connectivity index (χ3n) is 3.35. The maximum Gasteiger partial charge on any atom is 0.426 e. The van der Waals surface area contributed by atoms with E-state index < -0.39 is 11.7 Å². The van der Waals surface area contributed by atoms with E-state index in [1.165, 1.54) is 6.08 Å². The van der Waals surface area contributed by atoms with Crippen molar-refractivity contribution in [2.75, 3.05) is 11.1 Å². The van der Waals surface area contributed by atoms with E-state index in [1.54, 1.807) is 24.3 Å². The van der Waals surface area contributed by atoms with Crippen LogP contribution in [0.25, 0.3) is 0 Å². The summed E-state index contributed by atoms with van der Waals surface area (Å²) >= 11 is 0. The summed E-state index contributed by atoms with van der Waals surface area (Å²) in [5, 5.41) is 8.54. The number of allylic oxidation sites excluding steroid dienone is 2. The Labute approximate surface area is 131 Å². The van der Waals surface area contributed by atoms with Crippen LogP contribution in [-0.2, 0) is 0 Å². The Kier molecular flexibility index (Phi) is 3.82. The maximum atomic E-state index is 13.1. The first kappa shape index (κ1) is 15.2. The summed E-state index contributed by atoms with van der Waals surface area (Å²) in [6, 6.07) is 9.29. The molecule has 1 aliphatic carbocycles. The predicted octanol–water partition coefficient (Wildman–Crippen LogP) is 2.65. The highest BCUT2D eigenvalue weighted by Crippen LogP contribution is 2.30. The normalized spacial score (nSPS) is 17.4. The third kappa shape index (κ3) is 3.92. The van der Waals surface area contributed by atoms with Gasteiger partial charge >= 0.3 is 6.18 Å². The summed E-state index contributed by atoms with van der Waals surface area (Å²) in [5.74, 6) is 2.51. The summed E-state index contributed by atoms with van der Waals surface area (Å²) < 4.78 is 39.4. The molecule has 0 spiro atoms. The van der Waals surface area contributed by atoms with Crippen LogP contribution >= 0.6 is 0 Å². The largest absolute Gasteiger partial charge is 0.426 e. The molecule has 4 nitrogen and oxygen atoms in total. The highest BCUT2D eigenvalue weighted by molar-refractivity contribution is 5.56. The predicted molar refractivity (Wildman–Crippen MR) is 82.7 cm³/mol. The number of benzene rings is 1. The minimum Gasteiger partial charge on any atom is -0.399 e. The molecule has 0 unspecified atom stereocenters. The lowest BCUT2D eigenvalue weighted by Crippen LogP contribution is -2.23. The van der Waals surface area contributed by atoms with Crippen molar-refractivity contribution in [2.45, 2.75) is 25.1 Å². The van der Waals surface area contributed by atoms with Gasteiger partial charge in [-0.1, -0.05) is 0 Å². The van der Waals surface area contributed by atoms with E-state index >= 15 is 0 Å². The summed E-state index contributed by atoms with van der Waals surface area (Å²) in [6.45, 7) is 0. The molecule has 1 saturated carbocycles. The number of rotatable bonds is 4. The molecule has 7 heteroatoms. The average molecular weight is 320 g/mol. The van der Waals surface area contributed by atoms with Gasteiger partial charge in [-0.15, -0.1) is 0 Å². The lowest BCUT2D eigenvalue weighted by Gasteiger charge is -2.14. The van der Waals surface area contributed by atoms with Crippen molar-refractivity contribution in [3.63, 3.8) is 0 Å². The summed E-state index contributed by atoms with van der Waals surface area (Å²) in [4.78, 5) is 0.